The number of hydrogen-bond acceptors (Lipinski definition) is 9. The van der Waals surface area contributed by atoms with Crippen molar-refractivity contribution in [3.63, 3.8) is 0 Å². The summed E-state index contributed by atoms with van der Waals surface area (Å²) in [6, 6.07) is 2.28. The summed E-state index contributed by atoms with van der Waals surface area (Å²) in [6.45, 7) is 9.48. The summed E-state index contributed by atoms with van der Waals surface area (Å²) in [7, 11) is 3.60. The predicted molar refractivity (Wildman–Crippen MR) is 171 cm³/mol. The number of halogens is 5. The first-order valence-electron chi connectivity index (χ1n) is 15.0. The Hall–Kier alpha value is -4.11. The van der Waals surface area contributed by atoms with Crippen LogP contribution in [0.25, 0.3) is 32.2 Å². The lowest BCUT2D eigenvalue weighted by Gasteiger charge is -2.28. The van der Waals surface area contributed by atoms with Crippen LogP contribution < -0.4 is 15.4 Å². The second kappa shape index (κ2) is 11.8. The van der Waals surface area contributed by atoms with Crippen LogP contribution in [0.4, 0.5) is 32.9 Å². The topological polar surface area (TPSA) is 101 Å². The van der Waals surface area contributed by atoms with Crippen LogP contribution >= 0.6 is 11.3 Å². The van der Waals surface area contributed by atoms with Gasteiger partial charge in [0.25, 0.3) is 0 Å². The molecule has 4 heterocycles. The van der Waals surface area contributed by atoms with Gasteiger partial charge in [-0.3, -0.25) is 9.69 Å². The van der Waals surface area contributed by atoms with E-state index in [2.05, 4.69) is 40.3 Å². The summed E-state index contributed by atoms with van der Waals surface area (Å²) >= 11 is 0.753. The molecule has 2 aromatic carbocycles. The minimum absolute atomic E-state index is 0.00872. The molecule has 9 nitrogen and oxygen atoms in total. The fourth-order valence-electron chi connectivity index (χ4n) is 6.78. The summed E-state index contributed by atoms with van der Waals surface area (Å²) in [5.74, 6) is -2.29. The van der Waals surface area contributed by atoms with Crippen molar-refractivity contribution in [1.82, 2.24) is 24.8 Å². The van der Waals surface area contributed by atoms with E-state index in [-0.39, 0.29) is 74.7 Å². The average molecular weight is 676 g/mol. The molecule has 0 unspecified atom stereocenters. The van der Waals surface area contributed by atoms with Crippen LogP contribution in [0.5, 0.6) is 6.01 Å². The SMILES string of the molecule is C=CC(=O)N1CC[C@@H](N(C)c2nc(OC[C@@H]3CC(C)(C)CN3C)nc3c(F)c(-c4ccc(F)c5sc(N)nc45)c(C(F)(F)F)cc23)C1. The van der Waals surface area contributed by atoms with E-state index in [1.165, 1.54) is 6.08 Å². The van der Waals surface area contributed by atoms with Crippen molar-refractivity contribution < 1.29 is 31.5 Å². The number of nitrogen functional groups attached to an aromatic ring is 1. The Labute approximate surface area is 271 Å². The van der Waals surface area contributed by atoms with E-state index in [9.17, 15) is 22.4 Å². The molecule has 15 heteroatoms. The monoisotopic (exact) mass is 675 g/mol. The standard InChI is InChI=1S/C32H34F5N7O2S/c1-6-22(45)44-10-9-16(13-44)43(5)28-19-11-20(32(35,36)37)23(18-7-8-21(33)27-26(18)39-29(38)47-27)24(34)25(19)40-30(41-28)46-14-17-12-31(2,3)15-42(17)4/h6-8,11,16-17H,1,9-10,12-15H2,2-5H3,(H2,38,39)/t16-,17+/m1/s1. The van der Waals surface area contributed by atoms with E-state index in [1.807, 2.05) is 7.05 Å². The summed E-state index contributed by atoms with van der Waals surface area (Å²) in [6.07, 6.45) is -2.52. The number of likely N-dealkylation sites (tertiary alicyclic amines) is 2. The molecule has 4 aromatic rings. The lowest BCUT2D eigenvalue weighted by molar-refractivity contribution is -0.137. The summed E-state index contributed by atoms with van der Waals surface area (Å²) in [4.78, 5) is 30.5. The Bertz CT molecular complexity index is 1900. The maximum absolute atomic E-state index is 16.8. The van der Waals surface area contributed by atoms with Gasteiger partial charge < -0.3 is 20.3 Å². The highest BCUT2D eigenvalue weighted by Gasteiger charge is 2.40. The number of rotatable bonds is 7. The lowest BCUT2D eigenvalue weighted by Crippen LogP contribution is -2.37. The van der Waals surface area contributed by atoms with Gasteiger partial charge in [-0.05, 0) is 49.6 Å². The molecule has 0 bridgehead atoms. The number of hydrogen-bond donors (Lipinski definition) is 1. The quantitative estimate of drug-likeness (QED) is 0.185. The fraction of sp³-hybridized carbons (Fsp3) is 0.438. The summed E-state index contributed by atoms with van der Waals surface area (Å²) < 4.78 is 81.8. The van der Waals surface area contributed by atoms with Crippen LogP contribution in [0.1, 0.15) is 32.3 Å². The first-order valence-corrected chi connectivity index (χ1v) is 15.8. The number of alkyl halides is 3. The molecule has 0 saturated carbocycles. The molecule has 2 N–H and O–H groups in total. The van der Waals surface area contributed by atoms with Crippen molar-refractivity contribution in [1.29, 1.82) is 0 Å². The number of ether oxygens (including phenoxy) is 1. The highest BCUT2D eigenvalue weighted by Crippen LogP contribution is 2.46. The average Bonchev–Trinajstić information content (AvgIpc) is 3.72. The highest BCUT2D eigenvalue weighted by atomic mass is 32.1. The van der Waals surface area contributed by atoms with E-state index in [1.54, 1.807) is 16.8 Å². The second-order valence-corrected chi connectivity index (χ2v) is 14.0. The number of anilines is 2. The van der Waals surface area contributed by atoms with Crippen molar-refractivity contribution >= 4 is 49.3 Å². The van der Waals surface area contributed by atoms with Crippen LogP contribution in [-0.4, -0.2) is 83.1 Å². The number of carbonyl (C=O) groups is 1. The predicted octanol–water partition coefficient (Wildman–Crippen LogP) is 6.12. The molecule has 2 aliphatic rings. The van der Waals surface area contributed by atoms with Crippen molar-refractivity contribution in [2.45, 2.75) is 44.9 Å². The number of carbonyl (C=O) groups excluding carboxylic acids is 1. The zero-order valence-corrected chi connectivity index (χ0v) is 27.1. The van der Waals surface area contributed by atoms with Gasteiger partial charge in [-0.1, -0.05) is 31.8 Å². The number of thiazole rings is 1. The third-order valence-corrected chi connectivity index (χ3v) is 9.90. The zero-order chi connectivity index (χ0) is 34.0. The summed E-state index contributed by atoms with van der Waals surface area (Å²) in [5.41, 5.74) is 2.82. The Kier molecular flexibility index (Phi) is 8.27. The second-order valence-electron chi connectivity index (χ2n) is 13.0. The number of amides is 1. The van der Waals surface area contributed by atoms with Crippen molar-refractivity contribution in [3.8, 4) is 17.1 Å². The Morgan fingerprint density at radius 1 is 1.23 bits per heavy atom. The van der Waals surface area contributed by atoms with Crippen molar-refractivity contribution in [2.24, 2.45) is 5.41 Å². The largest absolute Gasteiger partial charge is 0.462 e. The van der Waals surface area contributed by atoms with Crippen LogP contribution in [-0.2, 0) is 11.0 Å². The molecule has 0 spiro atoms. The zero-order valence-electron chi connectivity index (χ0n) is 26.3. The minimum Gasteiger partial charge on any atom is -0.462 e. The van der Waals surface area contributed by atoms with Crippen LogP contribution in [0.2, 0.25) is 0 Å². The lowest BCUT2D eigenvalue weighted by atomic mass is 9.91. The molecule has 2 aliphatic heterocycles. The van der Waals surface area contributed by atoms with Crippen molar-refractivity contribution in [3.05, 3.63) is 48.1 Å². The smallest absolute Gasteiger partial charge is 0.417 e. The molecule has 0 radical (unpaired) electrons. The molecule has 6 rings (SSSR count). The van der Waals surface area contributed by atoms with Gasteiger partial charge in [0.1, 0.15) is 23.8 Å². The fourth-order valence-corrected chi connectivity index (χ4v) is 7.55. The normalized spacial score (nSPS) is 20.0. The Morgan fingerprint density at radius 3 is 2.64 bits per heavy atom. The molecular formula is C32H34F5N7O2S. The molecule has 2 atom stereocenters. The first-order chi connectivity index (χ1) is 22.1. The van der Waals surface area contributed by atoms with Gasteiger partial charge in [-0.15, -0.1) is 0 Å². The van der Waals surface area contributed by atoms with Gasteiger partial charge in [0.05, 0.1) is 15.8 Å². The molecule has 0 aliphatic carbocycles. The molecule has 2 saturated heterocycles. The molecule has 2 fully saturated rings. The van der Waals surface area contributed by atoms with E-state index in [4.69, 9.17) is 10.5 Å². The third-order valence-electron chi connectivity index (χ3n) is 9.00. The van der Waals surface area contributed by atoms with E-state index in [0.29, 0.717) is 13.0 Å². The van der Waals surface area contributed by atoms with E-state index >= 15 is 4.39 Å². The molecule has 1 amide bonds. The number of fused-ring (bicyclic) bond motifs is 2. The number of nitrogens with two attached hydrogens (primary N) is 1. The van der Waals surface area contributed by atoms with Crippen molar-refractivity contribution in [2.75, 3.05) is 51.0 Å². The van der Waals surface area contributed by atoms with Crippen LogP contribution in [0, 0.1) is 17.0 Å². The molecule has 47 heavy (non-hydrogen) atoms. The number of nitrogens with zero attached hydrogens (tertiary/aromatic N) is 6. The third kappa shape index (κ3) is 6.06. The Morgan fingerprint density at radius 2 is 1.98 bits per heavy atom. The van der Waals surface area contributed by atoms with E-state index < -0.39 is 34.5 Å². The Balaban J connectivity index is 1.54. The van der Waals surface area contributed by atoms with Gasteiger partial charge in [-0.25, -0.2) is 13.8 Å². The molecule has 2 aromatic heterocycles. The van der Waals surface area contributed by atoms with Gasteiger partial charge in [-0.2, -0.15) is 23.1 Å². The van der Waals surface area contributed by atoms with Gasteiger partial charge in [0.2, 0.25) is 5.91 Å². The van der Waals surface area contributed by atoms with E-state index in [0.717, 1.165) is 42.5 Å². The number of benzene rings is 2. The molecular weight excluding hydrogens is 641 g/mol. The number of likely N-dealkylation sites (N-methyl/N-ethyl adjacent to an activating group) is 2. The highest BCUT2D eigenvalue weighted by molar-refractivity contribution is 7.22. The summed E-state index contributed by atoms with van der Waals surface area (Å²) in [5, 5.41) is -0.277. The van der Waals surface area contributed by atoms with Gasteiger partial charge >= 0.3 is 12.2 Å². The minimum atomic E-state index is -5.03. The first kappa shape index (κ1) is 32.8. The molecule has 250 valence electrons. The maximum Gasteiger partial charge on any atom is 0.417 e. The number of aromatic nitrogens is 3. The van der Waals surface area contributed by atoms with Crippen LogP contribution in [0.3, 0.4) is 0 Å². The maximum atomic E-state index is 16.8. The van der Waals surface area contributed by atoms with Gasteiger partial charge in [0.15, 0.2) is 10.9 Å². The van der Waals surface area contributed by atoms with Gasteiger partial charge in [0, 0.05) is 55.3 Å². The van der Waals surface area contributed by atoms with Crippen LogP contribution in [0.15, 0.2) is 30.9 Å².